The maximum Gasteiger partial charge on any atom is 0.336 e. The highest BCUT2D eigenvalue weighted by atomic mass is 16.5. The molecule has 2 aromatic heterocycles. The number of allylic oxidation sites excluding steroid dienone is 3. The molecule has 0 bridgehead atoms. The molecule has 5 rings (SSSR count). The quantitative estimate of drug-likeness (QED) is 0.239. The third-order valence-corrected chi connectivity index (χ3v) is 7.17. The Balaban J connectivity index is 1.66. The topological polar surface area (TPSA) is 78.9 Å². The van der Waals surface area contributed by atoms with Gasteiger partial charge in [0.15, 0.2) is 0 Å². The normalized spacial score (nSPS) is 20.1. The van der Waals surface area contributed by atoms with E-state index in [9.17, 15) is 9.59 Å². The second kappa shape index (κ2) is 9.19. The summed E-state index contributed by atoms with van der Waals surface area (Å²) in [6.45, 7) is 4.37. The van der Waals surface area contributed by atoms with Crippen LogP contribution < -0.4 is 20.7 Å². The van der Waals surface area contributed by atoms with Gasteiger partial charge in [0.25, 0.3) is 0 Å². The number of benzene rings is 2. The first-order chi connectivity index (χ1) is 17.3. The Labute approximate surface area is 208 Å². The van der Waals surface area contributed by atoms with Gasteiger partial charge >= 0.3 is 11.3 Å². The van der Waals surface area contributed by atoms with E-state index in [1.165, 1.54) is 17.7 Å². The van der Waals surface area contributed by atoms with E-state index in [0.29, 0.717) is 22.7 Å². The zero-order valence-corrected chi connectivity index (χ0v) is 20.8. The van der Waals surface area contributed by atoms with Crippen molar-refractivity contribution in [3.8, 4) is 11.5 Å². The number of hydrogen-bond donors (Lipinski definition) is 0. The molecule has 2 atom stereocenters. The molecule has 0 amide bonds. The van der Waals surface area contributed by atoms with Gasteiger partial charge in [0.2, 0.25) is 0 Å². The van der Waals surface area contributed by atoms with Crippen LogP contribution in [-0.4, -0.2) is 14.2 Å². The first-order valence-electron chi connectivity index (χ1n) is 11.9. The average molecular weight is 485 g/mol. The van der Waals surface area contributed by atoms with E-state index >= 15 is 0 Å². The predicted molar refractivity (Wildman–Crippen MR) is 141 cm³/mol. The van der Waals surface area contributed by atoms with Crippen molar-refractivity contribution in [2.45, 2.75) is 32.6 Å². The van der Waals surface area contributed by atoms with Gasteiger partial charge in [-0.1, -0.05) is 30.7 Å². The average Bonchev–Trinajstić information content (AvgIpc) is 2.88. The summed E-state index contributed by atoms with van der Waals surface area (Å²) in [5.41, 5.74) is 2.96. The van der Waals surface area contributed by atoms with E-state index in [-0.39, 0.29) is 11.3 Å². The van der Waals surface area contributed by atoms with Crippen molar-refractivity contribution in [1.29, 1.82) is 0 Å². The molecular formula is C30H28O6. The van der Waals surface area contributed by atoms with Gasteiger partial charge in [-0.05, 0) is 55.5 Å². The summed E-state index contributed by atoms with van der Waals surface area (Å²) in [6.07, 6.45) is 8.34. The molecular weight excluding hydrogens is 456 g/mol. The maximum atomic E-state index is 12.0. The van der Waals surface area contributed by atoms with E-state index in [1.54, 1.807) is 32.4 Å². The van der Waals surface area contributed by atoms with Crippen LogP contribution in [0, 0.1) is 5.41 Å². The summed E-state index contributed by atoms with van der Waals surface area (Å²) < 4.78 is 22.3. The molecule has 36 heavy (non-hydrogen) atoms. The number of ether oxygens (including phenoxy) is 2. The fourth-order valence-corrected chi connectivity index (χ4v) is 5.09. The molecule has 2 unspecified atom stereocenters. The Morgan fingerprint density at radius 1 is 0.917 bits per heavy atom. The molecule has 0 radical (unpaired) electrons. The second-order valence-electron chi connectivity index (χ2n) is 9.57. The molecule has 2 heterocycles. The lowest BCUT2D eigenvalue weighted by Crippen LogP contribution is -2.26. The summed E-state index contributed by atoms with van der Waals surface area (Å²) in [5, 5.41) is 1.67. The number of rotatable bonds is 5. The SMILES string of the molecule is COc1cc2oc(=O)ccc2cc1C1C=C(C)CCC1(C)C=Cc1c(OC)ccc2ccc(=O)oc12. The minimum absolute atomic E-state index is 0.00163. The van der Waals surface area contributed by atoms with Crippen LogP contribution in [0.4, 0.5) is 0 Å². The number of hydrogen-bond acceptors (Lipinski definition) is 6. The molecule has 6 heteroatoms. The van der Waals surface area contributed by atoms with Gasteiger partial charge in [-0.15, -0.1) is 0 Å². The summed E-state index contributed by atoms with van der Waals surface area (Å²) in [6, 6.07) is 14.0. The Hall–Kier alpha value is -4.06. The van der Waals surface area contributed by atoms with Crippen molar-refractivity contribution in [3.63, 3.8) is 0 Å². The van der Waals surface area contributed by atoms with Crippen molar-refractivity contribution < 1.29 is 18.3 Å². The Bertz CT molecular complexity index is 1640. The highest BCUT2D eigenvalue weighted by Crippen LogP contribution is 2.50. The fraction of sp³-hybridized carbons (Fsp3) is 0.267. The van der Waals surface area contributed by atoms with Crippen LogP contribution in [0.25, 0.3) is 28.0 Å². The van der Waals surface area contributed by atoms with E-state index in [0.717, 1.165) is 34.7 Å². The van der Waals surface area contributed by atoms with Crippen molar-refractivity contribution in [2.24, 2.45) is 5.41 Å². The molecule has 6 nitrogen and oxygen atoms in total. The highest BCUT2D eigenvalue weighted by molar-refractivity contribution is 5.88. The molecule has 0 saturated heterocycles. The summed E-state index contributed by atoms with van der Waals surface area (Å²) in [7, 11) is 3.23. The summed E-state index contributed by atoms with van der Waals surface area (Å²) >= 11 is 0. The smallest absolute Gasteiger partial charge is 0.336 e. The molecule has 2 aromatic carbocycles. The standard InChI is InChI=1S/C30H28O6/c1-18-11-13-30(2,14-12-21-24(33-3)8-5-19-6-9-28(32)36-29(19)21)23(15-18)22-16-20-7-10-27(31)35-25(20)17-26(22)34-4/h5-10,12,14-17,23H,11,13H2,1-4H3. The van der Waals surface area contributed by atoms with Gasteiger partial charge in [-0.3, -0.25) is 0 Å². The lowest BCUT2D eigenvalue weighted by molar-refractivity contribution is 0.322. The lowest BCUT2D eigenvalue weighted by Gasteiger charge is -2.38. The van der Waals surface area contributed by atoms with E-state index in [1.807, 2.05) is 24.3 Å². The van der Waals surface area contributed by atoms with E-state index < -0.39 is 11.3 Å². The third kappa shape index (κ3) is 4.24. The number of fused-ring (bicyclic) bond motifs is 2. The van der Waals surface area contributed by atoms with Gasteiger partial charge in [0.05, 0.1) is 19.8 Å². The van der Waals surface area contributed by atoms with Gasteiger partial charge in [-0.2, -0.15) is 0 Å². The van der Waals surface area contributed by atoms with E-state index in [2.05, 4.69) is 26.0 Å². The van der Waals surface area contributed by atoms with Crippen LogP contribution in [-0.2, 0) is 0 Å². The van der Waals surface area contributed by atoms with Crippen molar-refractivity contribution >= 4 is 28.0 Å². The molecule has 0 fully saturated rings. The van der Waals surface area contributed by atoms with Crippen molar-refractivity contribution in [2.75, 3.05) is 14.2 Å². The second-order valence-corrected chi connectivity index (χ2v) is 9.57. The molecule has 0 N–H and O–H groups in total. The Kier molecular flexibility index (Phi) is 6.04. The molecule has 1 aliphatic rings. The summed E-state index contributed by atoms with van der Waals surface area (Å²) in [5.74, 6) is 1.30. The zero-order chi connectivity index (χ0) is 25.4. The molecule has 184 valence electrons. The summed E-state index contributed by atoms with van der Waals surface area (Å²) in [4.78, 5) is 23.7. The van der Waals surface area contributed by atoms with Gasteiger partial charge in [0, 0.05) is 40.5 Å². The maximum absolute atomic E-state index is 12.0. The van der Waals surface area contributed by atoms with Crippen LogP contribution in [0.15, 0.2) is 84.7 Å². The van der Waals surface area contributed by atoms with Crippen LogP contribution in [0.1, 0.15) is 43.7 Å². The molecule has 0 saturated carbocycles. The van der Waals surface area contributed by atoms with Gasteiger partial charge in [-0.25, -0.2) is 9.59 Å². The molecule has 0 spiro atoms. The van der Waals surface area contributed by atoms with Crippen molar-refractivity contribution in [1.82, 2.24) is 0 Å². The first kappa shape index (κ1) is 23.7. The zero-order valence-electron chi connectivity index (χ0n) is 20.8. The minimum atomic E-state index is -0.404. The predicted octanol–water partition coefficient (Wildman–Crippen LogP) is 6.46. The van der Waals surface area contributed by atoms with Crippen LogP contribution in [0.2, 0.25) is 0 Å². The van der Waals surface area contributed by atoms with Crippen LogP contribution in [0.5, 0.6) is 11.5 Å². The minimum Gasteiger partial charge on any atom is -0.496 e. The Morgan fingerprint density at radius 2 is 1.61 bits per heavy atom. The lowest BCUT2D eigenvalue weighted by atomic mass is 9.66. The number of methoxy groups -OCH3 is 2. The molecule has 1 aliphatic carbocycles. The molecule has 4 aromatic rings. The Morgan fingerprint density at radius 3 is 2.36 bits per heavy atom. The van der Waals surface area contributed by atoms with Crippen molar-refractivity contribution in [3.05, 3.63) is 98.2 Å². The van der Waals surface area contributed by atoms with Gasteiger partial charge < -0.3 is 18.3 Å². The fourth-order valence-electron chi connectivity index (χ4n) is 5.09. The molecule has 0 aliphatic heterocycles. The van der Waals surface area contributed by atoms with E-state index in [4.69, 9.17) is 18.3 Å². The van der Waals surface area contributed by atoms with Crippen LogP contribution in [0.3, 0.4) is 0 Å². The third-order valence-electron chi connectivity index (χ3n) is 7.17. The van der Waals surface area contributed by atoms with Crippen LogP contribution >= 0.6 is 0 Å². The largest absolute Gasteiger partial charge is 0.496 e. The van der Waals surface area contributed by atoms with Gasteiger partial charge in [0.1, 0.15) is 22.7 Å². The highest BCUT2D eigenvalue weighted by Gasteiger charge is 2.36. The monoisotopic (exact) mass is 484 g/mol. The first-order valence-corrected chi connectivity index (χ1v) is 11.9.